The SMILES string of the molecule is O=[N+]([O-])C1CCC2NNC(OCc3cccc(F)c3)C2C1. The highest BCUT2D eigenvalue weighted by atomic mass is 19.1. The fourth-order valence-electron chi connectivity index (χ4n) is 3.16. The summed E-state index contributed by atoms with van der Waals surface area (Å²) in [7, 11) is 0. The van der Waals surface area contributed by atoms with E-state index in [1.54, 1.807) is 12.1 Å². The smallest absolute Gasteiger partial charge is 0.213 e. The predicted molar refractivity (Wildman–Crippen MR) is 73.2 cm³/mol. The molecule has 21 heavy (non-hydrogen) atoms. The molecular weight excluding hydrogens is 277 g/mol. The minimum absolute atomic E-state index is 0.0720. The Hall–Kier alpha value is -1.57. The van der Waals surface area contributed by atoms with Gasteiger partial charge in [0.15, 0.2) is 0 Å². The van der Waals surface area contributed by atoms with Gasteiger partial charge in [-0.3, -0.25) is 15.5 Å². The lowest BCUT2D eigenvalue weighted by molar-refractivity contribution is -0.528. The molecule has 1 aromatic rings. The van der Waals surface area contributed by atoms with E-state index in [0.717, 1.165) is 12.0 Å². The van der Waals surface area contributed by atoms with Gasteiger partial charge in [-0.25, -0.2) is 9.82 Å². The molecule has 0 amide bonds. The van der Waals surface area contributed by atoms with Crippen molar-refractivity contribution in [1.82, 2.24) is 10.9 Å². The van der Waals surface area contributed by atoms with Crippen molar-refractivity contribution < 1.29 is 14.1 Å². The monoisotopic (exact) mass is 295 g/mol. The Balaban J connectivity index is 1.59. The van der Waals surface area contributed by atoms with Crippen LogP contribution in [0.4, 0.5) is 4.39 Å². The number of hydrogen-bond acceptors (Lipinski definition) is 5. The van der Waals surface area contributed by atoms with Crippen LogP contribution in [-0.2, 0) is 11.3 Å². The molecule has 6 nitrogen and oxygen atoms in total. The third-order valence-corrected chi connectivity index (χ3v) is 4.29. The summed E-state index contributed by atoms with van der Waals surface area (Å²) in [5.74, 6) is -0.222. The highest BCUT2D eigenvalue weighted by Crippen LogP contribution is 2.32. The van der Waals surface area contributed by atoms with Crippen LogP contribution >= 0.6 is 0 Å². The maximum Gasteiger partial charge on any atom is 0.213 e. The minimum Gasteiger partial charge on any atom is -0.357 e. The van der Waals surface area contributed by atoms with Crippen molar-refractivity contribution in [2.75, 3.05) is 0 Å². The topological polar surface area (TPSA) is 76.4 Å². The average Bonchev–Trinajstić information content (AvgIpc) is 2.87. The van der Waals surface area contributed by atoms with E-state index in [1.165, 1.54) is 12.1 Å². The van der Waals surface area contributed by atoms with Crippen LogP contribution in [-0.4, -0.2) is 23.2 Å². The van der Waals surface area contributed by atoms with Crippen molar-refractivity contribution in [3.63, 3.8) is 0 Å². The molecule has 4 unspecified atom stereocenters. The standard InChI is InChI=1S/C14H18FN3O3/c15-10-3-1-2-9(6-10)8-21-14-12-7-11(18(19)20)4-5-13(12)16-17-14/h1-3,6,11-14,16-17H,4-5,7-8H2. The number of halogens is 1. The van der Waals surface area contributed by atoms with Crippen LogP contribution in [0, 0.1) is 21.8 Å². The first-order valence-electron chi connectivity index (χ1n) is 7.14. The summed E-state index contributed by atoms with van der Waals surface area (Å²) < 4.78 is 18.9. The van der Waals surface area contributed by atoms with Crippen LogP contribution in [0.5, 0.6) is 0 Å². The van der Waals surface area contributed by atoms with Crippen molar-refractivity contribution in [2.45, 2.75) is 44.2 Å². The summed E-state index contributed by atoms with van der Waals surface area (Å²) in [5.41, 5.74) is 6.95. The quantitative estimate of drug-likeness (QED) is 0.651. The molecule has 4 atom stereocenters. The molecule has 1 aliphatic carbocycles. The number of benzene rings is 1. The number of rotatable bonds is 4. The van der Waals surface area contributed by atoms with Gasteiger partial charge in [-0.2, -0.15) is 0 Å². The highest BCUT2D eigenvalue weighted by Gasteiger charge is 2.44. The van der Waals surface area contributed by atoms with E-state index >= 15 is 0 Å². The van der Waals surface area contributed by atoms with E-state index in [-0.39, 0.29) is 35.5 Å². The summed E-state index contributed by atoms with van der Waals surface area (Å²) in [4.78, 5) is 10.8. The molecule has 2 aliphatic rings. The number of hydrogen-bond donors (Lipinski definition) is 2. The molecule has 1 saturated carbocycles. The Kier molecular flexibility index (Phi) is 4.14. The Morgan fingerprint density at radius 3 is 3.00 bits per heavy atom. The van der Waals surface area contributed by atoms with Gasteiger partial charge in [0, 0.05) is 29.7 Å². The number of hydrazine groups is 1. The van der Waals surface area contributed by atoms with Gasteiger partial charge in [-0.05, 0) is 24.1 Å². The van der Waals surface area contributed by atoms with Crippen molar-refractivity contribution >= 4 is 0 Å². The fourth-order valence-corrected chi connectivity index (χ4v) is 3.16. The molecule has 0 aromatic heterocycles. The van der Waals surface area contributed by atoms with E-state index < -0.39 is 6.04 Å². The predicted octanol–water partition coefficient (Wildman–Crippen LogP) is 1.59. The Morgan fingerprint density at radius 2 is 2.24 bits per heavy atom. The second-order valence-corrected chi connectivity index (χ2v) is 5.67. The van der Waals surface area contributed by atoms with Gasteiger partial charge in [-0.15, -0.1) is 0 Å². The number of nitrogens with one attached hydrogen (secondary N) is 2. The van der Waals surface area contributed by atoms with Gasteiger partial charge in [0.05, 0.1) is 6.61 Å². The summed E-state index contributed by atoms with van der Waals surface area (Å²) in [5, 5.41) is 10.9. The lowest BCUT2D eigenvalue weighted by atomic mass is 9.82. The number of nitro groups is 1. The van der Waals surface area contributed by atoms with E-state index in [4.69, 9.17) is 4.74 Å². The lowest BCUT2D eigenvalue weighted by Gasteiger charge is -2.28. The number of ether oxygens (including phenoxy) is 1. The van der Waals surface area contributed by atoms with Crippen molar-refractivity contribution in [1.29, 1.82) is 0 Å². The van der Waals surface area contributed by atoms with Gasteiger partial charge >= 0.3 is 0 Å². The van der Waals surface area contributed by atoms with Crippen LogP contribution in [0.15, 0.2) is 24.3 Å². The second-order valence-electron chi connectivity index (χ2n) is 5.67. The molecule has 3 rings (SSSR count). The number of fused-ring (bicyclic) bond motifs is 1. The van der Waals surface area contributed by atoms with Gasteiger partial charge in [0.25, 0.3) is 0 Å². The number of nitrogens with zero attached hydrogens (tertiary/aromatic N) is 1. The van der Waals surface area contributed by atoms with Crippen LogP contribution in [0.3, 0.4) is 0 Å². The minimum atomic E-state index is -0.492. The third-order valence-electron chi connectivity index (χ3n) is 4.29. The van der Waals surface area contributed by atoms with Gasteiger partial charge in [-0.1, -0.05) is 12.1 Å². The van der Waals surface area contributed by atoms with E-state index in [2.05, 4.69) is 10.9 Å². The fraction of sp³-hybridized carbons (Fsp3) is 0.571. The van der Waals surface area contributed by atoms with Gasteiger partial charge in [0.1, 0.15) is 12.0 Å². The van der Waals surface area contributed by atoms with E-state index in [9.17, 15) is 14.5 Å². The molecule has 1 aromatic carbocycles. The molecule has 7 heteroatoms. The molecule has 1 heterocycles. The maximum atomic E-state index is 13.1. The Bertz CT molecular complexity index is 528. The van der Waals surface area contributed by atoms with E-state index in [1.807, 2.05) is 0 Å². The summed E-state index contributed by atoms with van der Waals surface area (Å²) in [6, 6.07) is 5.97. The largest absolute Gasteiger partial charge is 0.357 e. The zero-order valence-electron chi connectivity index (χ0n) is 11.5. The van der Waals surface area contributed by atoms with Crippen LogP contribution < -0.4 is 10.9 Å². The summed E-state index contributed by atoms with van der Waals surface area (Å²) in [6.45, 7) is 0.281. The van der Waals surface area contributed by atoms with Crippen molar-refractivity contribution in [3.8, 4) is 0 Å². The van der Waals surface area contributed by atoms with Gasteiger partial charge in [0.2, 0.25) is 6.04 Å². The first-order valence-corrected chi connectivity index (χ1v) is 7.14. The molecule has 114 valence electrons. The molecule has 0 bridgehead atoms. The van der Waals surface area contributed by atoms with Crippen LogP contribution in [0.25, 0.3) is 0 Å². The molecular formula is C14H18FN3O3. The first-order chi connectivity index (χ1) is 10.1. The molecule has 2 N–H and O–H groups in total. The van der Waals surface area contributed by atoms with Crippen molar-refractivity contribution in [3.05, 3.63) is 45.8 Å². The van der Waals surface area contributed by atoms with Crippen molar-refractivity contribution in [2.24, 2.45) is 5.92 Å². The molecule has 2 fully saturated rings. The zero-order chi connectivity index (χ0) is 14.8. The Morgan fingerprint density at radius 1 is 1.38 bits per heavy atom. The second kappa shape index (κ2) is 6.05. The summed E-state index contributed by atoms with van der Waals surface area (Å²) in [6.07, 6.45) is 1.59. The van der Waals surface area contributed by atoms with Crippen LogP contribution in [0.2, 0.25) is 0 Å². The van der Waals surface area contributed by atoms with Crippen LogP contribution in [0.1, 0.15) is 24.8 Å². The highest BCUT2D eigenvalue weighted by molar-refractivity contribution is 5.15. The normalized spacial score (nSPS) is 31.9. The molecule has 0 radical (unpaired) electrons. The lowest BCUT2D eigenvalue weighted by Crippen LogP contribution is -2.40. The zero-order valence-corrected chi connectivity index (χ0v) is 11.5. The third kappa shape index (κ3) is 3.20. The van der Waals surface area contributed by atoms with E-state index in [0.29, 0.717) is 12.8 Å². The maximum absolute atomic E-state index is 13.1. The molecule has 1 aliphatic heterocycles. The Labute approximate surface area is 121 Å². The van der Waals surface area contributed by atoms with Gasteiger partial charge < -0.3 is 4.74 Å². The molecule has 0 spiro atoms. The summed E-state index contributed by atoms with van der Waals surface area (Å²) >= 11 is 0. The average molecular weight is 295 g/mol. The molecule has 1 saturated heterocycles. The first kappa shape index (κ1) is 14.4.